The predicted octanol–water partition coefficient (Wildman–Crippen LogP) is 5.97. The highest BCUT2D eigenvalue weighted by atomic mass is 35.5. The van der Waals surface area contributed by atoms with E-state index in [-0.39, 0.29) is 23.7 Å². The molecule has 3 aromatic rings. The molecule has 4 heteroatoms. The SMILES string of the molecule is C[C@@]12C(=O)N(c3cccc(Cl)c3)C(=O)[C@H]1[C@@H](c1ccccc1)C=C[C@H]2c1ccccc1. The van der Waals surface area contributed by atoms with Crippen molar-refractivity contribution in [2.45, 2.75) is 18.8 Å². The summed E-state index contributed by atoms with van der Waals surface area (Å²) in [4.78, 5) is 29.2. The summed E-state index contributed by atoms with van der Waals surface area (Å²) in [6.45, 7) is 1.94. The van der Waals surface area contributed by atoms with E-state index in [9.17, 15) is 9.59 Å². The van der Waals surface area contributed by atoms with Crippen molar-refractivity contribution in [3.05, 3.63) is 113 Å². The summed E-state index contributed by atoms with van der Waals surface area (Å²) in [7, 11) is 0. The van der Waals surface area contributed by atoms with Crippen LogP contribution in [0.3, 0.4) is 0 Å². The van der Waals surface area contributed by atoms with Gasteiger partial charge in [0.1, 0.15) is 0 Å². The average Bonchev–Trinajstić information content (AvgIpc) is 3.00. The van der Waals surface area contributed by atoms with Gasteiger partial charge in [0.15, 0.2) is 0 Å². The van der Waals surface area contributed by atoms with E-state index >= 15 is 0 Å². The van der Waals surface area contributed by atoms with Crippen LogP contribution >= 0.6 is 11.6 Å². The molecule has 0 aromatic heterocycles. The van der Waals surface area contributed by atoms with E-state index in [0.717, 1.165) is 11.1 Å². The Hall–Kier alpha value is -3.17. The predicted molar refractivity (Wildman–Crippen MR) is 123 cm³/mol. The van der Waals surface area contributed by atoms with Crippen molar-refractivity contribution in [1.29, 1.82) is 0 Å². The molecule has 0 saturated carbocycles. The highest BCUT2D eigenvalue weighted by Crippen LogP contribution is 2.57. The fourth-order valence-electron chi connectivity index (χ4n) is 5.22. The maximum atomic E-state index is 14.0. The normalized spacial score (nSPS) is 27.4. The Morgan fingerprint density at radius 1 is 0.806 bits per heavy atom. The second-order valence-electron chi connectivity index (χ2n) is 8.43. The Morgan fingerprint density at radius 3 is 2.10 bits per heavy atom. The average molecular weight is 428 g/mol. The number of carbonyl (C=O) groups excluding carboxylic acids is 2. The third-order valence-corrected chi connectivity index (χ3v) is 6.96. The molecule has 2 aliphatic rings. The topological polar surface area (TPSA) is 37.4 Å². The lowest BCUT2D eigenvalue weighted by molar-refractivity contribution is -0.127. The molecule has 5 rings (SSSR count). The van der Waals surface area contributed by atoms with E-state index in [4.69, 9.17) is 11.6 Å². The molecule has 1 fully saturated rings. The fourth-order valence-corrected chi connectivity index (χ4v) is 5.41. The molecule has 31 heavy (non-hydrogen) atoms. The summed E-state index contributed by atoms with van der Waals surface area (Å²) in [5.74, 6) is -1.22. The van der Waals surface area contributed by atoms with Crippen LogP contribution in [0.4, 0.5) is 5.69 Å². The van der Waals surface area contributed by atoms with Gasteiger partial charge < -0.3 is 0 Å². The molecule has 0 spiro atoms. The molecule has 1 aliphatic heterocycles. The van der Waals surface area contributed by atoms with Crippen LogP contribution in [0.25, 0.3) is 0 Å². The first-order valence-electron chi connectivity index (χ1n) is 10.4. The quantitative estimate of drug-likeness (QED) is 0.381. The lowest BCUT2D eigenvalue weighted by Gasteiger charge is -2.41. The Kier molecular flexibility index (Phi) is 4.79. The maximum Gasteiger partial charge on any atom is 0.241 e. The van der Waals surface area contributed by atoms with Gasteiger partial charge in [0.25, 0.3) is 0 Å². The smallest absolute Gasteiger partial charge is 0.241 e. The minimum atomic E-state index is -0.907. The van der Waals surface area contributed by atoms with Gasteiger partial charge in [-0.15, -0.1) is 0 Å². The number of halogens is 1. The second-order valence-corrected chi connectivity index (χ2v) is 8.87. The van der Waals surface area contributed by atoms with E-state index in [2.05, 4.69) is 12.2 Å². The van der Waals surface area contributed by atoms with Gasteiger partial charge >= 0.3 is 0 Å². The number of benzene rings is 3. The van der Waals surface area contributed by atoms with Crippen molar-refractivity contribution in [3.63, 3.8) is 0 Å². The molecular weight excluding hydrogens is 406 g/mol. The van der Waals surface area contributed by atoms with Gasteiger partial charge in [-0.05, 0) is 36.2 Å². The van der Waals surface area contributed by atoms with E-state index in [1.54, 1.807) is 24.3 Å². The van der Waals surface area contributed by atoms with E-state index in [1.807, 2.05) is 67.6 Å². The minimum absolute atomic E-state index is 0.172. The zero-order chi connectivity index (χ0) is 21.6. The van der Waals surface area contributed by atoms with Crippen molar-refractivity contribution in [2.24, 2.45) is 11.3 Å². The number of allylic oxidation sites excluding steroid dienone is 2. The number of hydrogen-bond acceptors (Lipinski definition) is 2. The van der Waals surface area contributed by atoms with Crippen LogP contribution in [0, 0.1) is 11.3 Å². The summed E-state index contributed by atoms with van der Waals surface area (Å²) < 4.78 is 0. The van der Waals surface area contributed by atoms with Gasteiger partial charge in [-0.25, -0.2) is 4.90 Å². The Labute approximate surface area is 187 Å². The lowest BCUT2D eigenvalue weighted by Crippen LogP contribution is -2.42. The van der Waals surface area contributed by atoms with Crippen molar-refractivity contribution in [1.82, 2.24) is 0 Å². The summed E-state index contributed by atoms with van der Waals surface area (Å²) in [6, 6.07) is 26.9. The summed E-state index contributed by atoms with van der Waals surface area (Å²) >= 11 is 6.19. The van der Waals surface area contributed by atoms with Crippen LogP contribution in [-0.4, -0.2) is 11.8 Å². The van der Waals surface area contributed by atoms with E-state index < -0.39 is 11.3 Å². The van der Waals surface area contributed by atoms with Crippen molar-refractivity contribution in [2.75, 3.05) is 4.90 Å². The van der Waals surface area contributed by atoms with Gasteiger partial charge in [-0.1, -0.05) is 90.5 Å². The summed E-state index contributed by atoms with van der Waals surface area (Å²) in [5.41, 5.74) is 1.69. The molecule has 3 aromatic carbocycles. The van der Waals surface area contributed by atoms with Crippen LogP contribution in [0.1, 0.15) is 29.9 Å². The van der Waals surface area contributed by atoms with Crippen LogP contribution in [-0.2, 0) is 9.59 Å². The molecule has 0 N–H and O–H groups in total. The lowest BCUT2D eigenvalue weighted by atomic mass is 9.58. The number of rotatable bonds is 3. The first-order valence-corrected chi connectivity index (χ1v) is 10.8. The molecule has 2 amide bonds. The number of imide groups is 1. The molecule has 4 atom stereocenters. The second kappa shape index (κ2) is 7.51. The molecular formula is C27H22ClNO2. The Balaban J connectivity index is 1.69. The molecule has 1 aliphatic carbocycles. The van der Waals surface area contributed by atoms with Crippen molar-refractivity contribution < 1.29 is 9.59 Å². The molecule has 154 valence electrons. The molecule has 0 radical (unpaired) electrons. The fraction of sp³-hybridized carbons (Fsp3) is 0.185. The van der Waals surface area contributed by atoms with E-state index in [0.29, 0.717) is 10.7 Å². The first kappa shape index (κ1) is 19.8. The highest BCUT2D eigenvalue weighted by molar-refractivity contribution is 6.31. The van der Waals surface area contributed by atoms with Crippen LogP contribution < -0.4 is 4.90 Å². The van der Waals surface area contributed by atoms with Gasteiger partial charge in [0.2, 0.25) is 11.8 Å². The molecule has 0 bridgehead atoms. The standard InChI is InChI=1S/C27H22ClNO2/c1-27-23(19-11-6-3-7-12-19)16-15-22(18-9-4-2-5-10-18)24(27)25(30)29(26(27)31)21-14-8-13-20(28)17-21/h2-17,22-24H,1H3/t22-,23+,24-,27+/m1/s1. The van der Waals surface area contributed by atoms with Crippen LogP contribution in [0.15, 0.2) is 97.1 Å². The van der Waals surface area contributed by atoms with E-state index in [1.165, 1.54) is 4.90 Å². The van der Waals surface area contributed by atoms with Gasteiger partial charge in [-0.2, -0.15) is 0 Å². The third-order valence-electron chi connectivity index (χ3n) is 6.72. The number of anilines is 1. The first-order chi connectivity index (χ1) is 15.0. The van der Waals surface area contributed by atoms with Crippen LogP contribution in [0.5, 0.6) is 0 Å². The number of carbonyl (C=O) groups is 2. The Bertz CT molecular complexity index is 1170. The summed E-state index contributed by atoms with van der Waals surface area (Å²) in [5, 5.41) is 0.496. The number of fused-ring (bicyclic) bond motifs is 1. The van der Waals surface area contributed by atoms with Gasteiger partial charge in [0.05, 0.1) is 17.0 Å². The van der Waals surface area contributed by atoms with Crippen LogP contribution in [0.2, 0.25) is 5.02 Å². The maximum absolute atomic E-state index is 14.0. The van der Waals surface area contributed by atoms with Crippen molar-refractivity contribution in [3.8, 4) is 0 Å². The number of amides is 2. The highest BCUT2D eigenvalue weighted by Gasteiger charge is 2.63. The molecule has 0 unspecified atom stereocenters. The molecule has 3 nitrogen and oxygen atoms in total. The Morgan fingerprint density at radius 2 is 1.45 bits per heavy atom. The zero-order valence-electron chi connectivity index (χ0n) is 17.1. The summed E-state index contributed by atoms with van der Waals surface area (Å²) in [6.07, 6.45) is 4.21. The molecule has 1 heterocycles. The van der Waals surface area contributed by atoms with Gasteiger partial charge in [-0.3, -0.25) is 9.59 Å². The molecule has 1 saturated heterocycles. The monoisotopic (exact) mass is 427 g/mol. The minimum Gasteiger partial charge on any atom is -0.274 e. The number of nitrogens with zero attached hydrogens (tertiary/aromatic N) is 1. The van der Waals surface area contributed by atoms with Gasteiger partial charge in [0, 0.05) is 16.9 Å². The largest absolute Gasteiger partial charge is 0.274 e. The zero-order valence-corrected chi connectivity index (χ0v) is 17.9. The number of hydrogen-bond donors (Lipinski definition) is 0. The van der Waals surface area contributed by atoms with Crippen molar-refractivity contribution >= 4 is 29.1 Å². The third kappa shape index (κ3) is 3.03.